The Hall–Kier alpha value is -1.27. The van der Waals surface area contributed by atoms with Crippen molar-refractivity contribution in [1.29, 1.82) is 0 Å². The lowest BCUT2D eigenvalue weighted by Gasteiger charge is -2.15. The highest BCUT2D eigenvalue weighted by molar-refractivity contribution is 6.31. The van der Waals surface area contributed by atoms with Crippen LogP contribution in [0.25, 0.3) is 0 Å². The van der Waals surface area contributed by atoms with Crippen LogP contribution in [0.3, 0.4) is 0 Å². The molecule has 2 N–H and O–H groups in total. The number of carbonyl (C=O) groups excluding carboxylic acids is 1. The third-order valence-corrected chi connectivity index (χ3v) is 3.24. The lowest BCUT2D eigenvalue weighted by Crippen LogP contribution is -2.39. The van der Waals surface area contributed by atoms with E-state index in [4.69, 9.17) is 16.7 Å². The van der Waals surface area contributed by atoms with Gasteiger partial charge >= 0.3 is 6.18 Å². The van der Waals surface area contributed by atoms with Crippen molar-refractivity contribution >= 4 is 17.5 Å². The Kier molecular flexibility index (Phi) is 3.49. The first kappa shape index (κ1) is 14.1. The standard InChI is InChI=1S/C12H11ClF3NO2/c13-9-4-7(3-8(5-9)12(14,15)16)10(19)17-11(6-18)1-2-11/h3-5,18H,1-2,6H2,(H,17,19). The van der Waals surface area contributed by atoms with Crippen LogP contribution in [0.4, 0.5) is 13.2 Å². The van der Waals surface area contributed by atoms with Gasteiger partial charge in [0.15, 0.2) is 0 Å². The molecule has 0 saturated heterocycles. The van der Waals surface area contributed by atoms with Gasteiger partial charge in [-0.3, -0.25) is 4.79 Å². The second kappa shape index (κ2) is 4.68. The molecule has 0 aliphatic heterocycles. The van der Waals surface area contributed by atoms with Crippen LogP contribution in [0, 0.1) is 0 Å². The minimum Gasteiger partial charge on any atom is -0.394 e. The molecule has 7 heteroatoms. The molecule has 1 aromatic rings. The zero-order chi connectivity index (χ0) is 14.3. The summed E-state index contributed by atoms with van der Waals surface area (Å²) in [6, 6.07) is 2.67. The van der Waals surface area contributed by atoms with E-state index >= 15 is 0 Å². The minimum absolute atomic E-state index is 0.158. The van der Waals surface area contributed by atoms with E-state index in [9.17, 15) is 18.0 Å². The molecule has 3 nitrogen and oxygen atoms in total. The predicted molar refractivity (Wildman–Crippen MR) is 63.0 cm³/mol. The highest BCUT2D eigenvalue weighted by Crippen LogP contribution is 2.36. The maximum atomic E-state index is 12.6. The fourth-order valence-electron chi connectivity index (χ4n) is 1.67. The van der Waals surface area contributed by atoms with Crippen molar-refractivity contribution in [3.8, 4) is 0 Å². The second-order valence-electron chi connectivity index (χ2n) is 4.62. The molecule has 1 amide bonds. The topological polar surface area (TPSA) is 49.3 Å². The molecular weight excluding hydrogens is 283 g/mol. The number of hydrogen-bond donors (Lipinski definition) is 2. The van der Waals surface area contributed by atoms with Gasteiger partial charge < -0.3 is 10.4 Å². The molecule has 0 aromatic heterocycles. The highest BCUT2D eigenvalue weighted by Gasteiger charge is 2.43. The monoisotopic (exact) mass is 293 g/mol. The molecule has 0 heterocycles. The van der Waals surface area contributed by atoms with Crippen molar-refractivity contribution in [3.63, 3.8) is 0 Å². The van der Waals surface area contributed by atoms with Gasteiger partial charge in [0.05, 0.1) is 17.7 Å². The van der Waals surface area contributed by atoms with E-state index < -0.39 is 23.2 Å². The van der Waals surface area contributed by atoms with Gasteiger partial charge in [-0.2, -0.15) is 13.2 Å². The Bertz CT molecular complexity index is 512. The summed E-state index contributed by atoms with van der Waals surface area (Å²) < 4.78 is 37.8. The van der Waals surface area contributed by atoms with Crippen LogP contribution in [-0.2, 0) is 6.18 Å². The molecule has 0 spiro atoms. The van der Waals surface area contributed by atoms with Crippen molar-refractivity contribution < 1.29 is 23.1 Å². The van der Waals surface area contributed by atoms with Gasteiger partial charge in [-0.25, -0.2) is 0 Å². The van der Waals surface area contributed by atoms with Gasteiger partial charge in [-0.05, 0) is 31.0 Å². The van der Waals surface area contributed by atoms with E-state index in [1.54, 1.807) is 0 Å². The first-order valence-electron chi connectivity index (χ1n) is 5.57. The summed E-state index contributed by atoms with van der Waals surface area (Å²) in [6.45, 7) is -0.231. The average molecular weight is 294 g/mol. The van der Waals surface area contributed by atoms with Crippen molar-refractivity contribution in [2.45, 2.75) is 24.6 Å². The Labute approximate surface area is 112 Å². The number of aliphatic hydroxyl groups is 1. The number of hydrogen-bond acceptors (Lipinski definition) is 2. The largest absolute Gasteiger partial charge is 0.416 e. The molecule has 0 unspecified atom stereocenters. The van der Waals surface area contributed by atoms with Crippen LogP contribution in [0.2, 0.25) is 5.02 Å². The Morgan fingerprint density at radius 1 is 1.37 bits per heavy atom. The number of aliphatic hydroxyl groups excluding tert-OH is 1. The lowest BCUT2D eigenvalue weighted by atomic mass is 10.1. The quantitative estimate of drug-likeness (QED) is 0.900. The van der Waals surface area contributed by atoms with Crippen LogP contribution in [-0.4, -0.2) is 23.2 Å². The zero-order valence-electron chi connectivity index (χ0n) is 9.72. The van der Waals surface area contributed by atoms with Crippen LogP contribution < -0.4 is 5.32 Å². The summed E-state index contributed by atoms with van der Waals surface area (Å²) in [5.74, 6) is -0.667. The van der Waals surface area contributed by atoms with Crippen molar-refractivity contribution in [3.05, 3.63) is 34.3 Å². The smallest absolute Gasteiger partial charge is 0.394 e. The van der Waals surface area contributed by atoms with Crippen molar-refractivity contribution in [2.75, 3.05) is 6.61 Å². The number of amides is 1. The summed E-state index contributed by atoms with van der Waals surface area (Å²) in [6.07, 6.45) is -3.34. The number of alkyl halides is 3. The first-order chi connectivity index (χ1) is 8.76. The van der Waals surface area contributed by atoms with Gasteiger partial charge in [0, 0.05) is 10.6 Å². The Balaban J connectivity index is 2.25. The van der Waals surface area contributed by atoms with E-state index in [0.717, 1.165) is 12.1 Å². The van der Waals surface area contributed by atoms with Gasteiger partial charge in [0.1, 0.15) is 0 Å². The summed E-state index contributed by atoms with van der Waals surface area (Å²) in [5.41, 5.74) is -1.82. The summed E-state index contributed by atoms with van der Waals surface area (Å²) in [4.78, 5) is 11.8. The molecule has 1 aliphatic carbocycles. The molecule has 1 aromatic carbocycles. The molecule has 0 bridgehead atoms. The SMILES string of the molecule is O=C(NC1(CO)CC1)c1cc(Cl)cc(C(F)(F)F)c1. The molecule has 2 rings (SSSR count). The summed E-state index contributed by atoms with van der Waals surface area (Å²) >= 11 is 5.59. The van der Waals surface area contributed by atoms with Crippen LogP contribution in [0.15, 0.2) is 18.2 Å². The predicted octanol–water partition coefficient (Wildman–Crippen LogP) is 2.61. The van der Waals surface area contributed by atoms with Gasteiger partial charge in [0.25, 0.3) is 5.91 Å². The van der Waals surface area contributed by atoms with Gasteiger partial charge in [-0.1, -0.05) is 11.6 Å². The van der Waals surface area contributed by atoms with Crippen LogP contribution in [0.1, 0.15) is 28.8 Å². The average Bonchev–Trinajstić information content (AvgIpc) is 3.07. The molecule has 1 aliphatic rings. The third kappa shape index (κ3) is 3.19. The number of benzene rings is 1. The van der Waals surface area contributed by atoms with E-state index in [1.807, 2.05) is 0 Å². The molecule has 0 radical (unpaired) electrons. The summed E-state index contributed by atoms with van der Waals surface area (Å²) in [7, 11) is 0. The maximum Gasteiger partial charge on any atom is 0.416 e. The molecular formula is C12H11ClF3NO2. The van der Waals surface area contributed by atoms with Gasteiger partial charge in [-0.15, -0.1) is 0 Å². The van der Waals surface area contributed by atoms with E-state index in [1.165, 1.54) is 6.07 Å². The normalized spacial score (nSPS) is 17.1. The number of carbonyl (C=O) groups is 1. The minimum atomic E-state index is -4.56. The summed E-state index contributed by atoms with van der Waals surface area (Å²) in [5, 5.41) is 11.4. The first-order valence-corrected chi connectivity index (χ1v) is 5.95. The number of rotatable bonds is 3. The molecule has 0 atom stereocenters. The second-order valence-corrected chi connectivity index (χ2v) is 5.06. The van der Waals surface area contributed by atoms with Crippen LogP contribution >= 0.6 is 11.6 Å². The van der Waals surface area contributed by atoms with Crippen LogP contribution in [0.5, 0.6) is 0 Å². The van der Waals surface area contributed by atoms with E-state index in [2.05, 4.69) is 5.32 Å². The molecule has 1 fully saturated rings. The Morgan fingerprint density at radius 3 is 2.47 bits per heavy atom. The maximum absolute atomic E-state index is 12.6. The molecule has 1 saturated carbocycles. The van der Waals surface area contributed by atoms with Crippen molar-refractivity contribution in [2.24, 2.45) is 0 Å². The third-order valence-electron chi connectivity index (χ3n) is 3.02. The molecule has 19 heavy (non-hydrogen) atoms. The van der Waals surface area contributed by atoms with E-state index in [0.29, 0.717) is 12.8 Å². The number of halogens is 4. The lowest BCUT2D eigenvalue weighted by molar-refractivity contribution is -0.137. The fourth-order valence-corrected chi connectivity index (χ4v) is 1.91. The van der Waals surface area contributed by atoms with E-state index in [-0.39, 0.29) is 17.2 Å². The molecule has 104 valence electrons. The highest BCUT2D eigenvalue weighted by atomic mass is 35.5. The van der Waals surface area contributed by atoms with Gasteiger partial charge in [0.2, 0.25) is 0 Å². The fraction of sp³-hybridized carbons (Fsp3) is 0.417. The number of nitrogens with one attached hydrogen (secondary N) is 1. The Morgan fingerprint density at radius 2 is 2.00 bits per heavy atom. The van der Waals surface area contributed by atoms with Crippen molar-refractivity contribution in [1.82, 2.24) is 5.32 Å². The zero-order valence-corrected chi connectivity index (χ0v) is 10.5.